The fourth-order valence-corrected chi connectivity index (χ4v) is 1.57. The van der Waals surface area contributed by atoms with Crippen LogP contribution in [0.1, 0.15) is 45.4 Å². The summed E-state index contributed by atoms with van der Waals surface area (Å²) in [4.78, 5) is 21.4. The van der Waals surface area contributed by atoms with E-state index in [1.54, 1.807) is 0 Å². The molecule has 5 nitrogen and oxygen atoms in total. The van der Waals surface area contributed by atoms with E-state index >= 15 is 0 Å². The van der Waals surface area contributed by atoms with Crippen molar-refractivity contribution in [2.45, 2.75) is 51.5 Å². The number of carboxylic acid groups (broad SMARTS) is 2. The van der Waals surface area contributed by atoms with Crippen LogP contribution in [0.2, 0.25) is 0 Å². The molecule has 0 fully saturated rings. The molecule has 0 aliphatic carbocycles. The molecule has 0 rings (SSSR count). The molecule has 0 spiro atoms. The number of nitrogens with two attached hydrogens (primary N) is 1. The van der Waals surface area contributed by atoms with Gasteiger partial charge in [-0.25, -0.2) is 0 Å². The van der Waals surface area contributed by atoms with E-state index < -0.39 is 23.9 Å². The van der Waals surface area contributed by atoms with Crippen LogP contribution in [-0.2, 0) is 9.59 Å². The second-order valence-corrected chi connectivity index (χ2v) is 4.06. The molecule has 0 aromatic carbocycles. The average Bonchev–Trinajstić information content (AvgIpc) is 2.21. The van der Waals surface area contributed by atoms with Gasteiger partial charge < -0.3 is 15.9 Å². The highest BCUT2D eigenvalue weighted by Crippen LogP contribution is 2.16. The van der Waals surface area contributed by atoms with Crippen LogP contribution in [0.5, 0.6) is 0 Å². The standard InChI is InChI=1S/C11H21NO4/c1-2-3-4-5-6-8(10(13)14)7-9(12)11(15)16/h8-9H,2-7,12H2,1H3,(H,13,14)(H,15,16)/t8?,9-/m1/s1. The number of hydrogen-bond donors (Lipinski definition) is 3. The van der Waals surface area contributed by atoms with Gasteiger partial charge in [0, 0.05) is 0 Å². The highest BCUT2D eigenvalue weighted by molar-refractivity contribution is 5.75. The fourth-order valence-electron chi connectivity index (χ4n) is 1.57. The van der Waals surface area contributed by atoms with E-state index in [9.17, 15) is 9.59 Å². The summed E-state index contributed by atoms with van der Waals surface area (Å²) in [5.74, 6) is -2.73. The van der Waals surface area contributed by atoms with Gasteiger partial charge in [-0.1, -0.05) is 32.6 Å². The average molecular weight is 231 g/mol. The number of aliphatic carboxylic acids is 2. The maximum Gasteiger partial charge on any atom is 0.320 e. The van der Waals surface area contributed by atoms with E-state index in [-0.39, 0.29) is 6.42 Å². The van der Waals surface area contributed by atoms with Gasteiger partial charge in [0.25, 0.3) is 0 Å². The first-order chi connectivity index (χ1) is 7.49. The zero-order valence-corrected chi connectivity index (χ0v) is 9.69. The van der Waals surface area contributed by atoms with Gasteiger partial charge in [0.2, 0.25) is 0 Å². The highest BCUT2D eigenvalue weighted by atomic mass is 16.4. The molecule has 0 heterocycles. The Balaban J connectivity index is 3.98. The molecule has 0 saturated heterocycles. The second kappa shape index (κ2) is 8.10. The molecule has 0 bridgehead atoms. The molecule has 4 N–H and O–H groups in total. The summed E-state index contributed by atoms with van der Waals surface area (Å²) < 4.78 is 0. The molecule has 0 saturated carbocycles. The zero-order valence-electron chi connectivity index (χ0n) is 9.69. The van der Waals surface area contributed by atoms with Gasteiger partial charge in [0.15, 0.2) is 0 Å². The normalized spacial score (nSPS) is 14.4. The van der Waals surface area contributed by atoms with Gasteiger partial charge >= 0.3 is 11.9 Å². The summed E-state index contributed by atoms with van der Waals surface area (Å²) in [6.07, 6.45) is 4.50. The molecular weight excluding hydrogens is 210 g/mol. The minimum atomic E-state index is -1.14. The SMILES string of the molecule is CCCCCCC(C[C@@H](N)C(=O)O)C(=O)O. The van der Waals surface area contributed by atoms with Crippen LogP contribution >= 0.6 is 0 Å². The Morgan fingerprint density at radius 2 is 1.75 bits per heavy atom. The summed E-state index contributed by atoms with van der Waals surface area (Å²) in [7, 11) is 0. The Kier molecular flexibility index (Phi) is 7.54. The first-order valence-electron chi connectivity index (χ1n) is 5.70. The van der Waals surface area contributed by atoms with Crippen LogP contribution in [-0.4, -0.2) is 28.2 Å². The van der Waals surface area contributed by atoms with Gasteiger partial charge in [-0.05, 0) is 12.8 Å². The van der Waals surface area contributed by atoms with Crippen LogP contribution in [0.3, 0.4) is 0 Å². The van der Waals surface area contributed by atoms with Crippen molar-refractivity contribution in [1.29, 1.82) is 0 Å². The van der Waals surface area contributed by atoms with E-state index in [0.717, 1.165) is 25.7 Å². The molecule has 0 aromatic rings. The molecule has 5 heteroatoms. The van der Waals surface area contributed by atoms with Gasteiger partial charge in [-0.3, -0.25) is 9.59 Å². The van der Waals surface area contributed by atoms with Crippen molar-refractivity contribution in [3.05, 3.63) is 0 Å². The fraction of sp³-hybridized carbons (Fsp3) is 0.818. The van der Waals surface area contributed by atoms with Gasteiger partial charge in [-0.2, -0.15) is 0 Å². The molecule has 16 heavy (non-hydrogen) atoms. The van der Waals surface area contributed by atoms with Crippen molar-refractivity contribution in [1.82, 2.24) is 0 Å². The predicted molar refractivity (Wildman–Crippen MR) is 60.1 cm³/mol. The van der Waals surface area contributed by atoms with Crippen molar-refractivity contribution in [3.63, 3.8) is 0 Å². The molecule has 2 atom stereocenters. The molecule has 0 aliphatic rings. The lowest BCUT2D eigenvalue weighted by atomic mass is 9.94. The molecule has 0 aromatic heterocycles. The lowest BCUT2D eigenvalue weighted by Gasteiger charge is -2.14. The number of hydrogen-bond acceptors (Lipinski definition) is 3. The van der Waals surface area contributed by atoms with Gasteiger partial charge in [0.05, 0.1) is 5.92 Å². The molecule has 0 aliphatic heterocycles. The van der Waals surface area contributed by atoms with Crippen LogP contribution in [0.25, 0.3) is 0 Å². The molecule has 94 valence electrons. The summed E-state index contributed by atoms with van der Waals surface area (Å²) >= 11 is 0. The maximum absolute atomic E-state index is 10.9. The van der Waals surface area contributed by atoms with Crippen molar-refractivity contribution in [3.8, 4) is 0 Å². The summed E-state index contributed by atoms with van der Waals surface area (Å²) in [5, 5.41) is 17.5. The minimum absolute atomic E-state index is 0.0107. The number of rotatable bonds is 9. The Labute approximate surface area is 95.6 Å². The lowest BCUT2D eigenvalue weighted by Crippen LogP contribution is -2.34. The summed E-state index contributed by atoms with van der Waals surface area (Å²) in [6.45, 7) is 2.08. The maximum atomic E-state index is 10.9. The topological polar surface area (TPSA) is 101 Å². The third kappa shape index (κ3) is 6.40. The Bertz CT molecular complexity index is 230. The van der Waals surface area contributed by atoms with Crippen molar-refractivity contribution in [2.75, 3.05) is 0 Å². The first-order valence-corrected chi connectivity index (χ1v) is 5.70. The number of unbranched alkanes of at least 4 members (excludes halogenated alkanes) is 3. The largest absolute Gasteiger partial charge is 0.481 e. The molecule has 0 radical (unpaired) electrons. The molecule has 1 unspecified atom stereocenters. The monoisotopic (exact) mass is 231 g/mol. The van der Waals surface area contributed by atoms with E-state index in [1.165, 1.54) is 0 Å². The van der Waals surface area contributed by atoms with Crippen LogP contribution in [0.15, 0.2) is 0 Å². The Morgan fingerprint density at radius 1 is 1.12 bits per heavy atom. The first kappa shape index (κ1) is 14.9. The minimum Gasteiger partial charge on any atom is -0.481 e. The Morgan fingerprint density at radius 3 is 2.19 bits per heavy atom. The van der Waals surface area contributed by atoms with Gasteiger partial charge in [0.1, 0.15) is 6.04 Å². The smallest absolute Gasteiger partial charge is 0.320 e. The van der Waals surface area contributed by atoms with Gasteiger partial charge in [-0.15, -0.1) is 0 Å². The quantitative estimate of drug-likeness (QED) is 0.521. The van der Waals surface area contributed by atoms with Crippen molar-refractivity contribution < 1.29 is 19.8 Å². The van der Waals surface area contributed by atoms with Crippen molar-refractivity contribution in [2.24, 2.45) is 11.7 Å². The van der Waals surface area contributed by atoms with Crippen molar-refractivity contribution >= 4 is 11.9 Å². The summed E-state index contributed by atoms with van der Waals surface area (Å²) in [6, 6.07) is -1.08. The number of carbonyl (C=O) groups is 2. The van der Waals surface area contributed by atoms with Crippen LogP contribution in [0.4, 0.5) is 0 Å². The van der Waals surface area contributed by atoms with E-state index in [4.69, 9.17) is 15.9 Å². The van der Waals surface area contributed by atoms with E-state index in [2.05, 4.69) is 6.92 Å². The molecule has 0 amide bonds. The zero-order chi connectivity index (χ0) is 12.6. The second-order valence-electron chi connectivity index (χ2n) is 4.06. The number of carboxylic acids is 2. The van der Waals surface area contributed by atoms with Crippen LogP contribution in [0, 0.1) is 5.92 Å². The Hall–Kier alpha value is -1.10. The highest BCUT2D eigenvalue weighted by Gasteiger charge is 2.23. The third-order valence-corrected chi connectivity index (χ3v) is 2.61. The molecular formula is C11H21NO4. The third-order valence-electron chi connectivity index (χ3n) is 2.61. The van der Waals surface area contributed by atoms with E-state index in [0.29, 0.717) is 6.42 Å². The predicted octanol–water partition coefficient (Wildman–Crippen LogP) is 1.46. The lowest BCUT2D eigenvalue weighted by molar-refractivity contribution is -0.143. The van der Waals surface area contributed by atoms with Crippen LogP contribution < -0.4 is 5.73 Å². The van der Waals surface area contributed by atoms with E-state index in [1.807, 2.05) is 0 Å². The summed E-state index contributed by atoms with van der Waals surface area (Å²) in [5.41, 5.74) is 5.32.